The molecular formula is C23H22N4O2S. The van der Waals surface area contributed by atoms with E-state index in [4.69, 9.17) is 4.98 Å². The van der Waals surface area contributed by atoms with Crippen LogP contribution in [0.1, 0.15) is 44.6 Å². The fraction of sp³-hybridized carbons (Fsp3) is 0.261. The second-order valence-electron chi connectivity index (χ2n) is 7.73. The number of carbonyl (C=O) groups is 1. The van der Waals surface area contributed by atoms with Crippen LogP contribution < -0.4 is 4.90 Å². The lowest BCUT2D eigenvalue weighted by Gasteiger charge is -2.26. The summed E-state index contributed by atoms with van der Waals surface area (Å²) in [6, 6.07) is 10.2. The number of rotatable bonds is 4. The van der Waals surface area contributed by atoms with Crippen molar-refractivity contribution >= 4 is 34.0 Å². The fourth-order valence-electron chi connectivity index (χ4n) is 4.24. The molecule has 1 saturated heterocycles. The molecule has 0 spiro atoms. The Labute approximate surface area is 178 Å². The number of aromatic nitrogens is 3. The lowest BCUT2D eigenvalue weighted by atomic mass is 10.0. The Hall–Kier alpha value is -3.19. The third-order valence-electron chi connectivity index (χ3n) is 5.97. The molecule has 5 rings (SSSR count). The van der Waals surface area contributed by atoms with Gasteiger partial charge in [-0.3, -0.25) is 0 Å². The number of fused-ring (bicyclic) bond motifs is 1. The van der Waals surface area contributed by atoms with Crippen LogP contribution in [0.2, 0.25) is 0 Å². The molecule has 7 heteroatoms. The van der Waals surface area contributed by atoms with Gasteiger partial charge in [0.1, 0.15) is 10.7 Å². The Kier molecular flexibility index (Phi) is 4.55. The van der Waals surface area contributed by atoms with Crippen LogP contribution in [0, 0.1) is 13.8 Å². The molecule has 1 N–H and O–H groups in total. The maximum absolute atomic E-state index is 11.3. The highest BCUT2D eigenvalue weighted by molar-refractivity contribution is 7.14. The zero-order chi connectivity index (χ0) is 20.8. The normalized spacial score (nSPS) is 16.5. The number of carboxylic acid groups (broad SMARTS) is 1. The molecule has 1 unspecified atom stereocenters. The molecule has 1 atom stereocenters. The average molecular weight is 419 g/mol. The topological polar surface area (TPSA) is 71.2 Å². The number of hydrogen-bond acceptors (Lipinski definition) is 5. The van der Waals surface area contributed by atoms with E-state index < -0.39 is 5.97 Å². The van der Waals surface area contributed by atoms with Gasteiger partial charge in [-0.25, -0.2) is 14.8 Å². The monoisotopic (exact) mass is 418 g/mol. The maximum atomic E-state index is 11.3. The van der Waals surface area contributed by atoms with Crippen LogP contribution in [0.4, 0.5) is 5.82 Å². The van der Waals surface area contributed by atoms with Gasteiger partial charge in [0.2, 0.25) is 0 Å². The minimum atomic E-state index is -0.867. The Bertz CT molecular complexity index is 1250. The highest BCUT2D eigenvalue weighted by atomic mass is 32.1. The molecule has 1 aliphatic heterocycles. The van der Waals surface area contributed by atoms with Crippen LogP contribution in [0.5, 0.6) is 0 Å². The molecule has 3 aromatic heterocycles. The van der Waals surface area contributed by atoms with Crippen LogP contribution in [0.25, 0.3) is 16.6 Å². The van der Waals surface area contributed by atoms with Gasteiger partial charge >= 0.3 is 5.97 Å². The van der Waals surface area contributed by atoms with Gasteiger partial charge in [0.05, 0.1) is 23.6 Å². The standard InChI is InChI=1S/C23H22N4O2S/c1-14-5-6-16-18(26-11-9-24-13-26)12-21(25-22(16)15(14)2)27-10-3-4-17(27)19-7-8-20(30-19)23(28)29/h5-9,11-13,17H,3-4,10H2,1-2H3,(H,28,29). The zero-order valence-corrected chi connectivity index (χ0v) is 17.7. The van der Waals surface area contributed by atoms with E-state index in [2.05, 4.69) is 41.9 Å². The molecule has 0 aliphatic carbocycles. The van der Waals surface area contributed by atoms with Gasteiger partial charge in [-0.15, -0.1) is 11.3 Å². The number of nitrogens with zero attached hydrogens (tertiary/aromatic N) is 4. The summed E-state index contributed by atoms with van der Waals surface area (Å²) >= 11 is 1.36. The van der Waals surface area contributed by atoms with Crippen molar-refractivity contribution in [2.45, 2.75) is 32.7 Å². The largest absolute Gasteiger partial charge is 0.477 e. The first-order valence-electron chi connectivity index (χ1n) is 10.0. The molecule has 30 heavy (non-hydrogen) atoms. The molecule has 6 nitrogen and oxygen atoms in total. The summed E-state index contributed by atoms with van der Waals surface area (Å²) in [6.45, 7) is 5.13. The van der Waals surface area contributed by atoms with E-state index in [1.165, 1.54) is 22.5 Å². The first-order valence-corrected chi connectivity index (χ1v) is 10.8. The molecule has 0 bridgehead atoms. The number of anilines is 1. The van der Waals surface area contributed by atoms with Crippen molar-refractivity contribution in [3.63, 3.8) is 0 Å². The van der Waals surface area contributed by atoms with Crippen molar-refractivity contribution in [1.29, 1.82) is 0 Å². The Morgan fingerprint density at radius 3 is 2.83 bits per heavy atom. The van der Waals surface area contributed by atoms with Gasteiger partial charge in [0, 0.05) is 35.3 Å². The molecule has 0 saturated carbocycles. The minimum Gasteiger partial charge on any atom is -0.477 e. The summed E-state index contributed by atoms with van der Waals surface area (Å²) in [5, 5.41) is 10.4. The van der Waals surface area contributed by atoms with Crippen LogP contribution in [0.3, 0.4) is 0 Å². The third-order valence-corrected chi connectivity index (χ3v) is 7.14. The van der Waals surface area contributed by atoms with E-state index in [-0.39, 0.29) is 6.04 Å². The van der Waals surface area contributed by atoms with Crippen LogP contribution in [0.15, 0.2) is 49.1 Å². The average Bonchev–Trinajstić information content (AvgIpc) is 3.50. The first kappa shape index (κ1) is 18.8. The van der Waals surface area contributed by atoms with Gasteiger partial charge in [0.15, 0.2) is 0 Å². The summed E-state index contributed by atoms with van der Waals surface area (Å²) in [7, 11) is 0. The van der Waals surface area contributed by atoms with Gasteiger partial charge in [-0.05, 0) is 49.9 Å². The number of hydrogen-bond donors (Lipinski definition) is 1. The predicted octanol–water partition coefficient (Wildman–Crippen LogP) is 5.14. The van der Waals surface area contributed by atoms with Crippen molar-refractivity contribution in [3.8, 4) is 5.69 Å². The van der Waals surface area contributed by atoms with Gasteiger partial charge in [-0.1, -0.05) is 12.1 Å². The Morgan fingerprint density at radius 1 is 1.23 bits per heavy atom. The minimum absolute atomic E-state index is 0.147. The number of aromatic carboxylic acids is 1. The van der Waals surface area contributed by atoms with Crippen molar-refractivity contribution in [3.05, 3.63) is 69.9 Å². The zero-order valence-electron chi connectivity index (χ0n) is 16.9. The van der Waals surface area contributed by atoms with E-state index in [1.54, 1.807) is 12.3 Å². The van der Waals surface area contributed by atoms with Gasteiger partial charge in [0.25, 0.3) is 0 Å². The Balaban J connectivity index is 1.66. The number of imidazole rings is 1. The maximum Gasteiger partial charge on any atom is 0.345 e. The molecule has 0 radical (unpaired) electrons. The van der Waals surface area contributed by atoms with Crippen molar-refractivity contribution in [2.24, 2.45) is 0 Å². The molecule has 0 amide bonds. The number of aryl methyl sites for hydroxylation is 2. The Morgan fingerprint density at radius 2 is 2.10 bits per heavy atom. The summed E-state index contributed by atoms with van der Waals surface area (Å²) in [4.78, 5) is 24.4. The van der Waals surface area contributed by atoms with Crippen molar-refractivity contribution in [2.75, 3.05) is 11.4 Å². The predicted molar refractivity (Wildman–Crippen MR) is 119 cm³/mol. The lowest BCUT2D eigenvalue weighted by Crippen LogP contribution is -2.23. The van der Waals surface area contributed by atoms with E-state index in [9.17, 15) is 9.90 Å². The molecule has 1 aliphatic rings. The fourth-order valence-corrected chi connectivity index (χ4v) is 5.24. The highest BCUT2D eigenvalue weighted by Crippen LogP contribution is 2.40. The number of thiophene rings is 1. The van der Waals surface area contributed by atoms with Crippen molar-refractivity contribution < 1.29 is 9.90 Å². The van der Waals surface area contributed by atoms with Gasteiger partial charge < -0.3 is 14.6 Å². The van der Waals surface area contributed by atoms with Crippen LogP contribution >= 0.6 is 11.3 Å². The van der Waals surface area contributed by atoms with Crippen LogP contribution in [-0.4, -0.2) is 32.2 Å². The second kappa shape index (κ2) is 7.25. The summed E-state index contributed by atoms with van der Waals surface area (Å²) in [5.41, 5.74) is 4.44. The second-order valence-corrected chi connectivity index (χ2v) is 8.85. The molecule has 4 heterocycles. The highest BCUT2D eigenvalue weighted by Gasteiger charge is 2.30. The molecule has 152 valence electrons. The van der Waals surface area contributed by atoms with E-state index in [0.717, 1.165) is 46.7 Å². The first-order chi connectivity index (χ1) is 14.5. The van der Waals surface area contributed by atoms with Gasteiger partial charge in [-0.2, -0.15) is 0 Å². The number of benzene rings is 1. The molecular weight excluding hydrogens is 396 g/mol. The summed E-state index contributed by atoms with van der Waals surface area (Å²) in [6.07, 6.45) is 7.59. The van der Waals surface area contributed by atoms with E-state index in [1.807, 2.05) is 23.2 Å². The smallest absolute Gasteiger partial charge is 0.345 e. The molecule has 1 fully saturated rings. The van der Waals surface area contributed by atoms with E-state index >= 15 is 0 Å². The summed E-state index contributed by atoms with van der Waals surface area (Å²) < 4.78 is 2.03. The molecule has 1 aromatic carbocycles. The van der Waals surface area contributed by atoms with Crippen LogP contribution in [-0.2, 0) is 0 Å². The third kappa shape index (κ3) is 3.06. The quantitative estimate of drug-likeness (QED) is 0.497. The molecule has 4 aromatic rings. The lowest BCUT2D eigenvalue weighted by molar-refractivity contribution is 0.0702. The summed E-state index contributed by atoms with van der Waals surface area (Å²) in [5.74, 6) is 0.0563. The van der Waals surface area contributed by atoms with E-state index in [0.29, 0.717) is 4.88 Å². The number of carboxylic acids is 1. The van der Waals surface area contributed by atoms with Crippen molar-refractivity contribution in [1.82, 2.24) is 14.5 Å². The number of pyridine rings is 1. The SMILES string of the molecule is Cc1ccc2c(-n3ccnc3)cc(N3CCCC3c3ccc(C(=O)O)s3)nc2c1C.